The number of carbonyl (C=O) groups is 1. The van der Waals surface area contributed by atoms with E-state index in [1.807, 2.05) is 13.0 Å². The van der Waals surface area contributed by atoms with Crippen LogP contribution in [0.5, 0.6) is 0 Å². The second kappa shape index (κ2) is 8.33. The third-order valence-corrected chi connectivity index (χ3v) is 11.7. The van der Waals surface area contributed by atoms with Gasteiger partial charge in [0.25, 0.3) is 0 Å². The van der Waals surface area contributed by atoms with Crippen LogP contribution in [0.4, 0.5) is 0 Å². The van der Waals surface area contributed by atoms with Crippen LogP contribution in [0, 0.1) is 45.3 Å². The van der Waals surface area contributed by atoms with Crippen LogP contribution >= 0.6 is 0 Å². The quantitative estimate of drug-likeness (QED) is 0.465. The highest BCUT2D eigenvalue weighted by Crippen LogP contribution is 2.73. The number of aliphatic hydroxyl groups is 2. The molecule has 3 saturated carbocycles. The maximum Gasteiger partial charge on any atom is 0.138 e. The van der Waals surface area contributed by atoms with Crippen LogP contribution in [0.15, 0.2) is 23.3 Å². The van der Waals surface area contributed by atoms with Crippen molar-refractivity contribution in [1.29, 1.82) is 0 Å². The molecular weight excluding hydrogens is 408 g/mol. The number of hydrogen-bond donors (Lipinski definition) is 2. The monoisotopic (exact) mass is 456 g/mol. The molecule has 8 unspecified atom stereocenters. The number of aliphatic hydroxyl groups excluding tert-OH is 2. The summed E-state index contributed by atoms with van der Waals surface area (Å²) >= 11 is 0. The Kier molecular flexibility index (Phi) is 6.35. The minimum Gasteiger partial charge on any atom is -0.392 e. The van der Waals surface area contributed by atoms with Crippen LogP contribution in [0.25, 0.3) is 0 Å². The lowest BCUT2D eigenvalue weighted by Crippen LogP contribution is -2.57. The summed E-state index contributed by atoms with van der Waals surface area (Å²) in [6, 6.07) is 0. The van der Waals surface area contributed by atoms with Crippen molar-refractivity contribution in [2.24, 2.45) is 45.3 Å². The number of ketones is 1. The summed E-state index contributed by atoms with van der Waals surface area (Å²) in [5.74, 6) is 2.59. The molecule has 8 atom stereocenters. The summed E-state index contributed by atoms with van der Waals surface area (Å²) in [5.41, 5.74) is 3.06. The third kappa shape index (κ3) is 3.63. The van der Waals surface area contributed by atoms with Gasteiger partial charge >= 0.3 is 0 Å². The number of carbonyl (C=O) groups excluding carboxylic acids is 1. The van der Waals surface area contributed by atoms with Gasteiger partial charge in [-0.05, 0) is 97.4 Å². The van der Waals surface area contributed by atoms with E-state index in [9.17, 15) is 15.0 Å². The first-order valence-electron chi connectivity index (χ1n) is 13.5. The Labute approximate surface area is 202 Å². The number of rotatable bonds is 5. The van der Waals surface area contributed by atoms with Crippen LogP contribution in [0.3, 0.4) is 0 Å². The molecule has 0 saturated heterocycles. The van der Waals surface area contributed by atoms with E-state index in [1.54, 1.807) is 5.57 Å². The van der Waals surface area contributed by atoms with Gasteiger partial charge in [0.15, 0.2) is 0 Å². The van der Waals surface area contributed by atoms with Crippen molar-refractivity contribution in [1.82, 2.24) is 0 Å². The molecule has 3 nitrogen and oxygen atoms in total. The van der Waals surface area contributed by atoms with Gasteiger partial charge in [-0.3, -0.25) is 4.79 Å². The molecule has 0 aromatic carbocycles. The summed E-state index contributed by atoms with van der Waals surface area (Å²) in [7, 11) is 0. The number of fused-ring (bicyclic) bond motifs is 5. The summed E-state index contributed by atoms with van der Waals surface area (Å²) in [6.07, 6.45) is 12.5. The molecule has 186 valence electrons. The second-order valence-corrected chi connectivity index (χ2v) is 13.5. The van der Waals surface area contributed by atoms with Crippen LogP contribution in [0.2, 0.25) is 0 Å². The zero-order valence-corrected chi connectivity index (χ0v) is 22.2. The van der Waals surface area contributed by atoms with Crippen LogP contribution < -0.4 is 0 Å². The van der Waals surface area contributed by atoms with Crippen LogP contribution in [-0.4, -0.2) is 28.7 Å². The Morgan fingerprint density at radius 1 is 1.15 bits per heavy atom. The highest BCUT2D eigenvalue weighted by Gasteiger charge is 2.65. The van der Waals surface area contributed by atoms with Gasteiger partial charge in [-0.1, -0.05) is 59.3 Å². The van der Waals surface area contributed by atoms with Gasteiger partial charge in [0.1, 0.15) is 5.78 Å². The Balaban J connectivity index is 1.61. The van der Waals surface area contributed by atoms with E-state index in [0.29, 0.717) is 29.5 Å². The maximum atomic E-state index is 12.8. The van der Waals surface area contributed by atoms with Crippen LogP contribution in [-0.2, 0) is 4.79 Å². The van der Waals surface area contributed by atoms with E-state index in [-0.39, 0.29) is 28.3 Å². The molecule has 0 aliphatic heterocycles. The smallest absolute Gasteiger partial charge is 0.138 e. The van der Waals surface area contributed by atoms with Crippen molar-refractivity contribution in [3.05, 3.63) is 23.3 Å². The molecule has 0 radical (unpaired) electrons. The number of Topliss-reactive ketones (excluding diaryl/α,β-unsaturated/α-hetero) is 1. The van der Waals surface area contributed by atoms with E-state index in [1.165, 1.54) is 25.7 Å². The molecule has 2 N–H and O–H groups in total. The first kappa shape index (κ1) is 25.2. The molecule has 0 aromatic rings. The summed E-state index contributed by atoms with van der Waals surface area (Å²) in [6.45, 7) is 16.2. The topological polar surface area (TPSA) is 57.5 Å². The van der Waals surface area contributed by atoms with Gasteiger partial charge < -0.3 is 10.2 Å². The lowest BCUT2D eigenvalue weighted by Gasteiger charge is -2.63. The first-order valence-corrected chi connectivity index (χ1v) is 13.5. The van der Waals surface area contributed by atoms with Gasteiger partial charge in [-0.25, -0.2) is 0 Å². The predicted molar refractivity (Wildman–Crippen MR) is 135 cm³/mol. The summed E-state index contributed by atoms with van der Waals surface area (Å²) < 4.78 is 0. The lowest BCUT2D eigenvalue weighted by atomic mass is 9.41. The molecule has 3 heteroatoms. The minimum absolute atomic E-state index is 0.0162. The zero-order chi connectivity index (χ0) is 24.4. The molecule has 0 spiro atoms. The van der Waals surface area contributed by atoms with Gasteiger partial charge in [0.05, 0.1) is 12.7 Å². The fourth-order valence-corrected chi connectivity index (χ4v) is 9.46. The van der Waals surface area contributed by atoms with Gasteiger partial charge in [-0.15, -0.1) is 0 Å². The van der Waals surface area contributed by atoms with E-state index in [2.05, 4.69) is 47.6 Å². The molecule has 4 rings (SSSR count). The number of hydrogen-bond acceptors (Lipinski definition) is 3. The van der Waals surface area contributed by atoms with E-state index < -0.39 is 6.10 Å². The van der Waals surface area contributed by atoms with Crippen molar-refractivity contribution < 1.29 is 15.0 Å². The predicted octanol–water partition coefficient (Wildman–Crippen LogP) is 6.49. The zero-order valence-electron chi connectivity index (χ0n) is 22.2. The molecule has 0 heterocycles. The molecule has 3 fully saturated rings. The molecular formula is C30H48O3. The average Bonchev–Trinajstić information content (AvgIpc) is 3.02. The van der Waals surface area contributed by atoms with Crippen molar-refractivity contribution in [2.75, 3.05) is 6.61 Å². The van der Waals surface area contributed by atoms with E-state index in [4.69, 9.17) is 0 Å². The fraction of sp³-hybridized carbons (Fsp3) is 0.833. The van der Waals surface area contributed by atoms with Crippen LogP contribution in [0.1, 0.15) is 99.8 Å². The Morgan fingerprint density at radius 2 is 1.85 bits per heavy atom. The van der Waals surface area contributed by atoms with Crippen molar-refractivity contribution >= 4 is 5.78 Å². The molecule has 33 heavy (non-hydrogen) atoms. The molecule has 4 aliphatic rings. The molecule has 0 aromatic heterocycles. The summed E-state index contributed by atoms with van der Waals surface area (Å²) in [4.78, 5) is 12.8. The maximum absolute atomic E-state index is 12.8. The standard InChI is InChI=1S/C30H48O3/c1-19(18-31)16-21(32)17-20(2)22-10-14-30(7)24-8-9-25-27(3,4)26(33)12-13-28(25,5)23(24)11-15-29(22,30)6/h8,16,20-23,25,31-32H,9-15,17-18H2,1-7H3. The van der Waals surface area contributed by atoms with Gasteiger partial charge in [0, 0.05) is 11.8 Å². The second-order valence-electron chi connectivity index (χ2n) is 13.5. The third-order valence-electron chi connectivity index (χ3n) is 11.7. The number of allylic oxidation sites excluding steroid dienone is 2. The normalized spacial score (nSPS) is 44.4. The Bertz CT molecular complexity index is 853. The van der Waals surface area contributed by atoms with Crippen molar-refractivity contribution in [3.8, 4) is 0 Å². The highest BCUT2D eigenvalue weighted by atomic mass is 16.3. The van der Waals surface area contributed by atoms with Crippen molar-refractivity contribution in [3.63, 3.8) is 0 Å². The lowest BCUT2D eigenvalue weighted by molar-refractivity contribution is -0.146. The Morgan fingerprint density at radius 3 is 2.52 bits per heavy atom. The highest BCUT2D eigenvalue weighted by molar-refractivity contribution is 5.85. The van der Waals surface area contributed by atoms with Gasteiger partial charge in [-0.2, -0.15) is 0 Å². The minimum atomic E-state index is -0.477. The van der Waals surface area contributed by atoms with E-state index in [0.717, 1.165) is 31.3 Å². The largest absolute Gasteiger partial charge is 0.392 e. The molecule has 0 bridgehead atoms. The summed E-state index contributed by atoms with van der Waals surface area (Å²) in [5, 5.41) is 19.9. The van der Waals surface area contributed by atoms with E-state index >= 15 is 0 Å². The average molecular weight is 457 g/mol. The SMILES string of the molecule is CC(=CC(O)CC(C)C1CCC2(C)C3=CCC4C(C)(C)C(=O)CCC4(C)C3CCC12C)CO. The fourth-order valence-electron chi connectivity index (χ4n) is 9.46. The van der Waals surface area contributed by atoms with Crippen molar-refractivity contribution in [2.45, 2.75) is 106 Å². The van der Waals surface area contributed by atoms with Gasteiger partial charge in [0.2, 0.25) is 0 Å². The molecule has 0 amide bonds. The first-order chi connectivity index (χ1) is 15.3. The Hall–Kier alpha value is -0.930. The molecule has 4 aliphatic carbocycles.